The van der Waals surface area contributed by atoms with Crippen LogP contribution in [0.25, 0.3) is 0 Å². The van der Waals surface area contributed by atoms with Crippen molar-refractivity contribution in [2.24, 2.45) is 0 Å². The zero-order valence-corrected chi connectivity index (χ0v) is 11.8. The molecule has 2 nitrogen and oxygen atoms in total. The Morgan fingerprint density at radius 1 is 0.955 bits per heavy atom. The number of ketones is 1. The second kappa shape index (κ2) is 6.17. The van der Waals surface area contributed by atoms with Crippen LogP contribution in [0.15, 0.2) is 24.3 Å². The van der Waals surface area contributed by atoms with Crippen LogP contribution < -0.4 is 4.74 Å². The Morgan fingerprint density at radius 3 is 2.09 bits per heavy atom. The van der Waals surface area contributed by atoms with Gasteiger partial charge in [-0.2, -0.15) is 8.78 Å². The molecule has 0 aliphatic heterocycles. The largest absolute Gasteiger partial charge is 0.479 e. The van der Waals surface area contributed by atoms with Gasteiger partial charge in [-0.15, -0.1) is 0 Å². The number of hydrogen-bond acceptors (Lipinski definition) is 2. The summed E-state index contributed by atoms with van der Waals surface area (Å²) >= 11 is 0. The van der Waals surface area contributed by atoms with Crippen molar-refractivity contribution in [2.75, 3.05) is 6.61 Å². The second-order valence-electron chi connectivity index (χ2n) is 4.81. The van der Waals surface area contributed by atoms with E-state index >= 15 is 0 Å². The molecule has 0 aliphatic carbocycles. The van der Waals surface area contributed by atoms with Crippen molar-refractivity contribution in [3.8, 4) is 5.75 Å². The Morgan fingerprint density at radius 2 is 1.55 bits per heavy atom. The van der Waals surface area contributed by atoms with Gasteiger partial charge in [0.1, 0.15) is 0 Å². The van der Waals surface area contributed by atoms with E-state index in [2.05, 4.69) is 4.74 Å². The van der Waals surface area contributed by atoms with Crippen LogP contribution in [-0.2, 0) is 0 Å². The summed E-state index contributed by atoms with van der Waals surface area (Å²) in [5.74, 6) is -8.33. The van der Waals surface area contributed by atoms with Gasteiger partial charge < -0.3 is 4.74 Å². The lowest BCUT2D eigenvalue weighted by atomic mass is 10.0. The van der Waals surface area contributed by atoms with Gasteiger partial charge in [0.25, 0.3) is 0 Å². The van der Waals surface area contributed by atoms with Crippen LogP contribution in [0.2, 0.25) is 0 Å². The molecule has 0 atom stereocenters. The van der Waals surface area contributed by atoms with Gasteiger partial charge in [-0.3, -0.25) is 4.79 Å². The molecule has 0 amide bonds. The minimum absolute atomic E-state index is 0.0721. The first-order chi connectivity index (χ1) is 10.3. The van der Waals surface area contributed by atoms with Crippen LogP contribution >= 0.6 is 0 Å². The lowest BCUT2D eigenvalue weighted by molar-refractivity contribution is 0.0913. The van der Waals surface area contributed by atoms with Gasteiger partial charge in [-0.1, -0.05) is 12.1 Å². The van der Waals surface area contributed by atoms with Crippen LogP contribution in [0.1, 0.15) is 21.5 Å². The third kappa shape index (κ3) is 3.10. The third-order valence-electron chi connectivity index (χ3n) is 3.25. The van der Waals surface area contributed by atoms with E-state index in [1.165, 1.54) is 6.07 Å². The summed E-state index contributed by atoms with van der Waals surface area (Å²) in [4.78, 5) is 11.9. The van der Waals surface area contributed by atoms with E-state index in [-0.39, 0.29) is 11.6 Å². The molecular formula is C16H12F4O2. The molecule has 0 saturated carbocycles. The van der Waals surface area contributed by atoms with Gasteiger partial charge in [0.2, 0.25) is 11.6 Å². The molecule has 6 heteroatoms. The smallest absolute Gasteiger partial charge is 0.203 e. The first kappa shape index (κ1) is 16.0. The highest BCUT2D eigenvalue weighted by Crippen LogP contribution is 2.26. The molecule has 2 aromatic rings. The summed E-state index contributed by atoms with van der Waals surface area (Å²) in [6.45, 7) is 2.92. The van der Waals surface area contributed by atoms with E-state index < -0.39 is 41.4 Å². The van der Waals surface area contributed by atoms with Crippen molar-refractivity contribution in [3.05, 3.63) is 64.2 Å². The van der Waals surface area contributed by atoms with Crippen molar-refractivity contribution in [3.63, 3.8) is 0 Å². The molecule has 0 N–H and O–H groups in total. The van der Waals surface area contributed by atoms with E-state index in [9.17, 15) is 22.4 Å². The SMILES string of the molecule is Cc1ccc(C(=O)COc2c(F)c(F)cc(F)c2F)cc1C. The maximum absolute atomic E-state index is 13.4. The van der Waals surface area contributed by atoms with Gasteiger partial charge >= 0.3 is 0 Å². The molecule has 22 heavy (non-hydrogen) atoms. The fraction of sp³-hybridized carbons (Fsp3) is 0.188. The highest BCUT2D eigenvalue weighted by molar-refractivity contribution is 5.97. The van der Waals surface area contributed by atoms with E-state index in [0.717, 1.165) is 11.1 Å². The minimum Gasteiger partial charge on any atom is -0.479 e. The third-order valence-corrected chi connectivity index (χ3v) is 3.25. The Kier molecular flexibility index (Phi) is 4.49. The molecule has 2 aromatic carbocycles. The first-order valence-electron chi connectivity index (χ1n) is 6.37. The van der Waals surface area contributed by atoms with Crippen LogP contribution in [0.4, 0.5) is 17.6 Å². The molecular weight excluding hydrogens is 300 g/mol. The first-order valence-corrected chi connectivity index (χ1v) is 6.37. The Balaban J connectivity index is 2.20. The Labute approximate surface area is 124 Å². The summed E-state index contributed by atoms with van der Waals surface area (Å²) in [6.07, 6.45) is 0. The van der Waals surface area contributed by atoms with E-state index in [1.807, 2.05) is 6.92 Å². The summed E-state index contributed by atoms with van der Waals surface area (Å²) in [6, 6.07) is 4.92. The van der Waals surface area contributed by atoms with Crippen molar-refractivity contribution in [1.29, 1.82) is 0 Å². The number of carbonyl (C=O) groups excluding carboxylic acids is 1. The predicted octanol–water partition coefficient (Wildman–Crippen LogP) is 4.12. The normalized spacial score (nSPS) is 10.6. The number of carbonyl (C=O) groups is 1. The summed E-state index contributed by atoms with van der Waals surface area (Å²) in [7, 11) is 0. The second-order valence-corrected chi connectivity index (χ2v) is 4.81. The summed E-state index contributed by atoms with van der Waals surface area (Å²) < 4.78 is 57.5. The lowest BCUT2D eigenvalue weighted by Crippen LogP contribution is -2.14. The number of aryl methyl sites for hydroxylation is 2. The molecule has 0 aliphatic rings. The van der Waals surface area contributed by atoms with Crippen LogP contribution in [-0.4, -0.2) is 12.4 Å². The van der Waals surface area contributed by atoms with Crippen molar-refractivity contribution in [1.82, 2.24) is 0 Å². The highest BCUT2D eigenvalue weighted by Gasteiger charge is 2.21. The summed E-state index contributed by atoms with van der Waals surface area (Å²) in [5, 5.41) is 0. The average Bonchev–Trinajstić information content (AvgIpc) is 2.47. The van der Waals surface area contributed by atoms with Crippen LogP contribution in [0.5, 0.6) is 5.75 Å². The highest BCUT2D eigenvalue weighted by atomic mass is 19.2. The average molecular weight is 312 g/mol. The van der Waals surface area contributed by atoms with Crippen LogP contribution in [0, 0.1) is 37.1 Å². The zero-order chi connectivity index (χ0) is 16.4. The predicted molar refractivity (Wildman–Crippen MR) is 72.0 cm³/mol. The van der Waals surface area contributed by atoms with Gasteiger partial charge in [0.15, 0.2) is 29.8 Å². The van der Waals surface area contributed by atoms with Crippen molar-refractivity contribution in [2.45, 2.75) is 13.8 Å². The molecule has 0 spiro atoms. The molecule has 0 radical (unpaired) electrons. The monoisotopic (exact) mass is 312 g/mol. The van der Waals surface area contributed by atoms with E-state index in [0.29, 0.717) is 0 Å². The van der Waals surface area contributed by atoms with Gasteiger partial charge in [0, 0.05) is 11.6 Å². The summed E-state index contributed by atoms with van der Waals surface area (Å²) in [5.41, 5.74) is 2.11. The standard InChI is InChI=1S/C16H12F4O2/c1-8-3-4-10(5-9(8)2)13(21)7-22-16-14(19)11(17)6-12(18)15(16)20/h3-6H,7H2,1-2H3. The fourth-order valence-corrected chi connectivity index (χ4v) is 1.81. The minimum atomic E-state index is -1.67. The number of hydrogen-bond donors (Lipinski definition) is 0. The Hall–Kier alpha value is -2.37. The van der Waals surface area contributed by atoms with Gasteiger partial charge in [0.05, 0.1) is 0 Å². The van der Waals surface area contributed by atoms with Crippen molar-refractivity contribution >= 4 is 5.78 Å². The zero-order valence-electron chi connectivity index (χ0n) is 11.8. The molecule has 0 fully saturated rings. The van der Waals surface area contributed by atoms with Gasteiger partial charge in [-0.05, 0) is 31.0 Å². The van der Waals surface area contributed by atoms with E-state index in [4.69, 9.17) is 0 Å². The molecule has 2 rings (SSSR count). The molecule has 0 unspecified atom stereocenters. The molecule has 116 valence electrons. The molecule has 0 saturated heterocycles. The Bertz CT molecular complexity index is 715. The number of Topliss-reactive ketones (excluding diaryl/α,β-unsaturated/α-hetero) is 1. The fourth-order valence-electron chi connectivity index (χ4n) is 1.81. The van der Waals surface area contributed by atoms with E-state index in [1.54, 1.807) is 19.1 Å². The number of ether oxygens (including phenoxy) is 1. The number of benzene rings is 2. The van der Waals surface area contributed by atoms with Gasteiger partial charge in [-0.25, -0.2) is 8.78 Å². The molecule has 0 aromatic heterocycles. The molecule has 0 bridgehead atoms. The van der Waals surface area contributed by atoms with Crippen LogP contribution in [0.3, 0.4) is 0 Å². The number of rotatable bonds is 4. The lowest BCUT2D eigenvalue weighted by Gasteiger charge is -2.09. The molecule has 0 heterocycles. The number of halogens is 4. The topological polar surface area (TPSA) is 26.3 Å². The van der Waals surface area contributed by atoms with Crippen molar-refractivity contribution < 1.29 is 27.1 Å². The quantitative estimate of drug-likeness (QED) is 0.482. The maximum atomic E-state index is 13.4. The maximum Gasteiger partial charge on any atom is 0.203 e.